The van der Waals surface area contributed by atoms with Gasteiger partial charge in [-0.2, -0.15) is 0 Å². The van der Waals surface area contributed by atoms with Gasteiger partial charge in [-0.1, -0.05) is 76.6 Å². The van der Waals surface area contributed by atoms with Gasteiger partial charge in [0.25, 0.3) is 15.7 Å². The molecule has 0 radical (unpaired) electrons. The Morgan fingerprint density at radius 3 is 2.02 bits per heavy atom. The van der Waals surface area contributed by atoms with Crippen molar-refractivity contribution in [2.45, 2.75) is 50.2 Å². The molecule has 0 spiro atoms. The van der Waals surface area contributed by atoms with Crippen LogP contribution in [0, 0.1) is 10.1 Å². The zero-order valence-electron chi connectivity index (χ0n) is 25.7. The van der Waals surface area contributed by atoms with E-state index in [2.05, 4.69) is 21.2 Å². The Balaban J connectivity index is 1.82. The summed E-state index contributed by atoms with van der Waals surface area (Å²) in [6.45, 7) is 4.86. The molecule has 0 saturated carbocycles. The van der Waals surface area contributed by atoms with Gasteiger partial charge in [-0.15, -0.1) is 0 Å². The molecule has 46 heavy (non-hydrogen) atoms. The molecule has 4 rings (SSSR count). The fourth-order valence-electron chi connectivity index (χ4n) is 4.83. The number of benzene rings is 4. The summed E-state index contributed by atoms with van der Waals surface area (Å²) in [5.41, 5.74) is 0.747. The topological polar surface area (TPSA) is 130 Å². The number of nitrogens with one attached hydrogen (secondary N) is 1. The number of carbonyl (C=O) groups excluding carboxylic acids is 2. The fourth-order valence-corrected chi connectivity index (χ4v) is 6.71. The lowest BCUT2D eigenvalue weighted by molar-refractivity contribution is -0.384. The van der Waals surface area contributed by atoms with Crippen LogP contribution in [-0.2, 0) is 32.6 Å². The lowest BCUT2D eigenvalue weighted by Crippen LogP contribution is -2.56. The van der Waals surface area contributed by atoms with Crippen LogP contribution in [0.4, 0.5) is 11.4 Å². The Labute approximate surface area is 277 Å². The Hall–Kier alpha value is -4.55. The summed E-state index contributed by atoms with van der Waals surface area (Å²) in [6, 6.07) is 28.1. The van der Waals surface area contributed by atoms with Gasteiger partial charge in [0.05, 0.1) is 15.5 Å². The van der Waals surface area contributed by atoms with Gasteiger partial charge in [0.15, 0.2) is 0 Å². The van der Waals surface area contributed by atoms with Crippen molar-refractivity contribution in [3.05, 3.63) is 135 Å². The SMILES string of the molecule is CC(C)(C)NC(=O)[C@H](Cc1ccccc1)N(Cc1cccc(Br)c1)C(=O)CN(c1ccc([N+](=O)[O-])cc1)S(=O)(=O)c1ccccc1. The third-order valence-corrected chi connectivity index (χ3v) is 9.25. The van der Waals surface area contributed by atoms with Crippen LogP contribution in [0.3, 0.4) is 0 Å². The summed E-state index contributed by atoms with van der Waals surface area (Å²) in [5, 5.41) is 14.3. The third kappa shape index (κ3) is 9.01. The van der Waals surface area contributed by atoms with E-state index in [4.69, 9.17) is 0 Å². The van der Waals surface area contributed by atoms with Gasteiger partial charge < -0.3 is 10.2 Å². The first-order valence-electron chi connectivity index (χ1n) is 14.5. The summed E-state index contributed by atoms with van der Waals surface area (Å²) >= 11 is 3.47. The Kier molecular flexibility index (Phi) is 11.0. The maximum atomic E-state index is 14.5. The number of hydrogen-bond donors (Lipinski definition) is 1. The Morgan fingerprint density at radius 2 is 1.46 bits per heavy atom. The molecule has 1 atom stereocenters. The van der Waals surface area contributed by atoms with Gasteiger partial charge in [0.2, 0.25) is 11.8 Å². The standard InChI is InChI=1S/C34H35BrN4O6S/c1-34(2,3)36-33(41)31(22-25-11-6-4-7-12-25)37(23-26-13-10-14-27(35)21-26)32(40)24-38(28-17-19-29(20-18-28)39(42)43)46(44,45)30-15-8-5-9-16-30/h4-21,31H,22-24H2,1-3H3,(H,36,41)/t31-/m0/s1. The molecular formula is C34H35BrN4O6S. The van der Waals surface area contributed by atoms with Crippen LogP contribution in [-0.4, -0.2) is 48.2 Å². The van der Waals surface area contributed by atoms with Gasteiger partial charge >= 0.3 is 0 Å². The van der Waals surface area contributed by atoms with E-state index in [1.807, 2.05) is 75.4 Å². The maximum absolute atomic E-state index is 14.5. The van der Waals surface area contributed by atoms with Gasteiger partial charge in [0.1, 0.15) is 12.6 Å². The number of sulfonamides is 1. The van der Waals surface area contributed by atoms with Crippen LogP contribution in [0.2, 0.25) is 0 Å². The van der Waals surface area contributed by atoms with Crippen LogP contribution in [0.15, 0.2) is 119 Å². The number of nitro benzene ring substituents is 1. The second-order valence-corrected chi connectivity index (χ2v) is 14.5. The molecule has 0 heterocycles. The highest BCUT2D eigenvalue weighted by Crippen LogP contribution is 2.27. The van der Waals surface area contributed by atoms with E-state index in [1.165, 1.54) is 41.3 Å². The number of nitro groups is 1. The molecule has 12 heteroatoms. The highest BCUT2D eigenvalue weighted by atomic mass is 79.9. The molecule has 2 amide bonds. The number of anilines is 1. The molecule has 1 N–H and O–H groups in total. The number of halogens is 1. The van der Waals surface area contributed by atoms with Crippen LogP contribution in [0.1, 0.15) is 31.9 Å². The summed E-state index contributed by atoms with van der Waals surface area (Å²) in [6.07, 6.45) is 0.172. The van der Waals surface area contributed by atoms with E-state index in [0.717, 1.165) is 19.9 Å². The highest BCUT2D eigenvalue weighted by Gasteiger charge is 2.35. The van der Waals surface area contributed by atoms with Gasteiger partial charge in [-0.3, -0.25) is 24.0 Å². The smallest absolute Gasteiger partial charge is 0.269 e. The molecule has 4 aromatic carbocycles. The first-order chi connectivity index (χ1) is 21.7. The lowest BCUT2D eigenvalue weighted by Gasteiger charge is -2.35. The second kappa shape index (κ2) is 14.7. The molecule has 0 saturated heterocycles. The number of nitrogens with zero attached hydrogens (tertiary/aromatic N) is 3. The van der Waals surface area contributed by atoms with E-state index in [0.29, 0.717) is 0 Å². The zero-order chi connectivity index (χ0) is 33.5. The van der Waals surface area contributed by atoms with Crippen molar-refractivity contribution < 1.29 is 22.9 Å². The van der Waals surface area contributed by atoms with Crippen LogP contribution < -0.4 is 9.62 Å². The van der Waals surface area contributed by atoms with Crippen LogP contribution in [0.25, 0.3) is 0 Å². The predicted molar refractivity (Wildman–Crippen MR) is 181 cm³/mol. The average Bonchev–Trinajstić information content (AvgIpc) is 3.01. The van der Waals surface area contributed by atoms with Crippen molar-refractivity contribution in [1.82, 2.24) is 10.2 Å². The predicted octanol–water partition coefficient (Wildman–Crippen LogP) is 6.11. The minimum Gasteiger partial charge on any atom is -0.350 e. The number of hydrogen-bond acceptors (Lipinski definition) is 6. The van der Waals surface area contributed by atoms with Gasteiger partial charge in [-0.25, -0.2) is 8.42 Å². The molecule has 4 aromatic rings. The molecule has 10 nitrogen and oxygen atoms in total. The van der Waals surface area contributed by atoms with Crippen molar-refractivity contribution in [2.24, 2.45) is 0 Å². The molecule has 0 aromatic heterocycles. The molecule has 240 valence electrons. The summed E-state index contributed by atoms with van der Waals surface area (Å²) in [7, 11) is -4.32. The molecular weight excluding hydrogens is 672 g/mol. The largest absolute Gasteiger partial charge is 0.350 e. The lowest BCUT2D eigenvalue weighted by atomic mass is 10.0. The summed E-state index contributed by atoms with van der Waals surface area (Å²) < 4.78 is 29.8. The molecule has 0 aliphatic heterocycles. The normalized spacial score (nSPS) is 12.2. The van der Waals surface area contributed by atoms with Crippen LogP contribution in [0.5, 0.6) is 0 Å². The van der Waals surface area contributed by atoms with E-state index < -0.39 is 44.9 Å². The first kappa shape index (κ1) is 34.3. The average molecular weight is 708 g/mol. The van der Waals surface area contributed by atoms with Gasteiger partial charge in [0, 0.05) is 35.1 Å². The van der Waals surface area contributed by atoms with E-state index >= 15 is 0 Å². The van der Waals surface area contributed by atoms with Crippen molar-refractivity contribution >= 4 is 49.1 Å². The van der Waals surface area contributed by atoms with Crippen molar-refractivity contribution in [3.63, 3.8) is 0 Å². The summed E-state index contributed by atoms with van der Waals surface area (Å²) in [5.74, 6) is -1.03. The maximum Gasteiger partial charge on any atom is 0.269 e. The number of carbonyl (C=O) groups is 2. The van der Waals surface area contributed by atoms with Crippen molar-refractivity contribution in [3.8, 4) is 0 Å². The monoisotopic (exact) mass is 706 g/mol. The minimum atomic E-state index is -4.32. The van der Waals surface area contributed by atoms with E-state index in [-0.39, 0.29) is 29.2 Å². The number of rotatable bonds is 12. The zero-order valence-corrected chi connectivity index (χ0v) is 28.1. The van der Waals surface area contributed by atoms with Crippen molar-refractivity contribution in [1.29, 1.82) is 0 Å². The number of non-ortho nitro benzene ring substituents is 1. The summed E-state index contributed by atoms with van der Waals surface area (Å²) in [4.78, 5) is 40.5. The molecule has 0 aliphatic rings. The third-order valence-electron chi connectivity index (χ3n) is 6.97. The molecule has 0 bridgehead atoms. The number of amides is 2. The molecule has 0 unspecified atom stereocenters. The van der Waals surface area contributed by atoms with E-state index in [1.54, 1.807) is 18.2 Å². The van der Waals surface area contributed by atoms with Crippen molar-refractivity contribution in [2.75, 3.05) is 10.8 Å². The highest BCUT2D eigenvalue weighted by molar-refractivity contribution is 9.10. The first-order valence-corrected chi connectivity index (χ1v) is 16.7. The fraction of sp³-hybridized carbons (Fsp3) is 0.235. The molecule has 0 aliphatic carbocycles. The quantitative estimate of drug-likeness (QED) is 0.140. The second-order valence-electron chi connectivity index (χ2n) is 11.7. The van der Waals surface area contributed by atoms with Gasteiger partial charge in [-0.05, 0) is 68.3 Å². The Bertz CT molecular complexity index is 1780. The van der Waals surface area contributed by atoms with Crippen LogP contribution >= 0.6 is 15.9 Å². The van der Waals surface area contributed by atoms with E-state index in [9.17, 15) is 28.1 Å². The Morgan fingerprint density at radius 1 is 0.870 bits per heavy atom. The minimum absolute atomic E-state index is 0.00677. The molecule has 0 fully saturated rings.